The van der Waals surface area contributed by atoms with E-state index in [1.165, 1.54) is 0 Å². The Morgan fingerprint density at radius 1 is 1.29 bits per heavy atom. The van der Waals surface area contributed by atoms with Crippen molar-refractivity contribution in [3.05, 3.63) is 29.6 Å². The van der Waals surface area contributed by atoms with Gasteiger partial charge in [0.05, 0.1) is 0 Å². The van der Waals surface area contributed by atoms with Crippen LogP contribution < -0.4 is 0 Å². The number of carbonyl (C=O) groups excluding carboxylic acids is 1. The van der Waals surface area contributed by atoms with Crippen LogP contribution in [0.1, 0.15) is 49.5 Å². The molecule has 3 nitrogen and oxygen atoms in total. The van der Waals surface area contributed by atoms with Crippen molar-refractivity contribution in [1.82, 2.24) is 4.98 Å². The Balaban J connectivity index is 3.07. The molecule has 94 valence electrons. The summed E-state index contributed by atoms with van der Waals surface area (Å²) in [6.45, 7) is 8.37. The molecule has 0 aliphatic heterocycles. The van der Waals surface area contributed by atoms with Crippen LogP contribution in [0.3, 0.4) is 0 Å². The van der Waals surface area contributed by atoms with E-state index in [-0.39, 0.29) is 5.78 Å². The Hall–Kier alpha value is -1.22. The molecule has 0 radical (unpaired) electrons. The third-order valence-electron chi connectivity index (χ3n) is 3.11. The molecule has 1 rings (SSSR count). The zero-order chi connectivity index (χ0) is 12.9. The number of rotatable bonds is 6. The SMILES string of the molecule is CCOC(CC)(CC)C(=O)c1cncc(C)c1. The smallest absolute Gasteiger partial charge is 0.196 e. The van der Waals surface area contributed by atoms with Gasteiger partial charge >= 0.3 is 0 Å². The molecule has 0 unspecified atom stereocenters. The molecule has 1 aromatic rings. The van der Waals surface area contributed by atoms with E-state index >= 15 is 0 Å². The molecule has 0 saturated carbocycles. The lowest BCUT2D eigenvalue weighted by Crippen LogP contribution is -2.40. The molecule has 0 saturated heterocycles. The number of Topliss-reactive ketones (excluding diaryl/α,β-unsaturated/α-hetero) is 1. The molecule has 3 heteroatoms. The molecular formula is C14H21NO2. The maximum atomic E-state index is 12.5. The molecule has 0 amide bonds. The lowest BCUT2D eigenvalue weighted by Gasteiger charge is -2.29. The van der Waals surface area contributed by atoms with Gasteiger partial charge in [-0.05, 0) is 38.3 Å². The minimum atomic E-state index is -0.690. The van der Waals surface area contributed by atoms with E-state index in [1.807, 2.05) is 33.8 Å². The highest BCUT2D eigenvalue weighted by Crippen LogP contribution is 2.25. The van der Waals surface area contributed by atoms with Gasteiger partial charge in [0, 0.05) is 24.6 Å². The topological polar surface area (TPSA) is 39.2 Å². The van der Waals surface area contributed by atoms with E-state index in [0.717, 1.165) is 5.56 Å². The monoisotopic (exact) mass is 235 g/mol. The van der Waals surface area contributed by atoms with Gasteiger partial charge in [0.15, 0.2) is 5.78 Å². The van der Waals surface area contributed by atoms with Gasteiger partial charge in [-0.25, -0.2) is 0 Å². The fourth-order valence-corrected chi connectivity index (χ4v) is 2.06. The number of ether oxygens (including phenoxy) is 1. The van der Waals surface area contributed by atoms with Crippen LogP contribution in [0.4, 0.5) is 0 Å². The third kappa shape index (κ3) is 2.91. The number of aryl methyl sites for hydroxylation is 1. The number of aromatic nitrogens is 1. The van der Waals surface area contributed by atoms with Crippen LogP contribution in [0.2, 0.25) is 0 Å². The second-order valence-corrected chi connectivity index (χ2v) is 4.21. The number of nitrogens with zero attached hydrogens (tertiary/aromatic N) is 1. The highest BCUT2D eigenvalue weighted by atomic mass is 16.5. The molecule has 0 N–H and O–H groups in total. The Morgan fingerprint density at radius 2 is 1.94 bits per heavy atom. The second-order valence-electron chi connectivity index (χ2n) is 4.21. The van der Waals surface area contributed by atoms with Crippen LogP contribution in [0.15, 0.2) is 18.5 Å². The van der Waals surface area contributed by atoms with Crippen LogP contribution in [0.5, 0.6) is 0 Å². The lowest BCUT2D eigenvalue weighted by molar-refractivity contribution is -0.0250. The summed E-state index contributed by atoms with van der Waals surface area (Å²) < 4.78 is 5.71. The zero-order valence-electron chi connectivity index (χ0n) is 11.1. The Kier molecular flexibility index (Phi) is 4.82. The summed E-state index contributed by atoms with van der Waals surface area (Å²) in [5.74, 6) is 0.0422. The first-order valence-corrected chi connectivity index (χ1v) is 6.20. The first kappa shape index (κ1) is 13.8. The highest BCUT2D eigenvalue weighted by Gasteiger charge is 2.36. The van der Waals surface area contributed by atoms with Crippen molar-refractivity contribution < 1.29 is 9.53 Å². The first-order valence-electron chi connectivity index (χ1n) is 6.20. The molecule has 0 bridgehead atoms. The van der Waals surface area contributed by atoms with Gasteiger partial charge in [0.2, 0.25) is 0 Å². The standard InChI is InChI=1S/C14H21NO2/c1-5-14(6-2,17-7-3)13(16)12-8-11(4)9-15-10-12/h8-10H,5-7H2,1-4H3. The van der Waals surface area contributed by atoms with Crippen LogP contribution >= 0.6 is 0 Å². The van der Waals surface area contributed by atoms with Crippen molar-refractivity contribution in [2.24, 2.45) is 0 Å². The highest BCUT2D eigenvalue weighted by molar-refractivity contribution is 6.02. The van der Waals surface area contributed by atoms with Crippen molar-refractivity contribution in [2.75, 3.05) is 6.61 Å². The molecule has 0 aromatic carbocycles. The first-order chi connectivity index (χ1) is 8.09. The van der Waals surface area contributed by atoms with Gasteiger partial charge in [0.1, 0.15) is 5.60 Å². The minimum absolute atomic E-state index is 0.0422. The maximum absolute atomic E-state index is 12.5. The van der Waals surface area contributed by atoms with Crippen molar-refractivity contribution in [3.8, 4) is 0 Å². The van der Waals surface area contributed by atoms with Gasteiger partial charge in [-0.15, -0.1) is 0 Å². The summed E-state index contributed by atoms with van der Waals surface area (Å²) in [4.78, 5) is 16.6. The summed E-state index contributed by atoms with van der Waals surface area (Å²) in [5.41, 5.74) is 0.945. The Morgan fingerprint density at radius 3 is 2.41 bits per heavy atom. The molecule has 0 aliphatic carbocycles. The average Bonchev–Trinajstić information content (AvgIpc) is 2.35. The summed E-state index contributed by atoms with van der Waals surface area (Å²) in [6.07, 6.45) is 4.74. The van der Waals surface area contributed by atoms with Crippen LogP contribution in [0, 0.1) is 6.92 Å². The van der Waals surface area contributed by atoms with Gasteiger partial charge in [-0.1, -0.05) is 13.8 Å². The molecule has 0 atom stereocenters. The normalized spacial score (nSPS) is 11.5. The maximum Gasteiger partial charge on any atom is 0.196 e. The Labute approximate surface area is 103 Å². The van der Waals surface area contributed by atoms with E-state index < -0.39 is 5.60 Å². The molecule has 0 fully saturated rings. The predicted molar refractivity (Wildman–Crippen MR) is 68.2 cm³/mol. The van der Waals surface area contributed by atoms with E-state index in [1.54, 1.807) is 12.4 Å². The minimum Gasteiger partial charge on any atom is -0.367 e. The molecule has 0 aliphatic rings. The fraction of sp³-hybridized carbons (Fsp3) is 0.571. The van der Waals surface area contributed by atoms with Crippen LogP contribution in [-0.2, 0) is 4.74 Å². The van der Waals surface area contributed by atoms with E-state index in [4.69, 9.17) is 4.74 Å². The largest absolute Gasteiger partial charge is 0.367 e. The average molecular weight is 235 g/mol. The lowest BCUT2D eigenvalue weighted by atomic mass is 9.88. The van der Waals surface area contributed by atoms with E-state index in [9.17, 15) is 4.79 Å². The fourth-order valence-electron chi connectivity index (χ4n) is 2.06. The van der Waals surface area contributed by atoms with Crippen molar-refractivity contribution >= 4 is 5.78 Å². The Bertz CT molecular complexity index is 384. The molecule has 17 heavy (non-hydrogen) atoms. The number of hydrogen-bond acceptors (Lipinski definition) is 3. The predicted octanol–water partition coefficient (Wildman–Crippen LogP) is 3.17. The third-order valence-corrected chi connectivity index (χ3v) is 3.11. The van der Waals surface area contributed by atoms with Crippen LogP contribution in [0.25, 0.3) is 0 Å². The zero-order valence-corrected chi connectivity index (χ0v) is 11.1. The number of hydrogen-bond donors (Lipinski definition) is 0. The van der Waals surface area contributed by atoms with E-state index in [2.05, 4.69) is 4.98 Å². The van der Waals surface area contributed by atoms with Gasteiger partial charge in [-0.3, -0.25) is 9.78 Å². The molecular weight excluding hydrogens is 214 g/mol. The molecule has 1 heterocycles. The van der Waals surface area contributed by atoms with E-state index in [0.29, 0.717) is 25.0 Å². The van der Waals surface area contributed by atoms with Gasteiger partial charge in [-0.2, -0.15) is 0 Å². The van der Waals surface area contributed by atoms with Crippen molar-refractivity contribution in [2.45, 2.75) is 46.1 Å². The summed E-state index contributed by atoms with van der Waals surface area (Å²) in [7, 11) is 0. The molecule has 1 aromatic heterocycles. The summed E-state index contributed by atoms with van der Waals surface area (Å²) >= 11 is 0. The number of carbonyl (C=O) groups is 1. The quantitative estimate of drug-likeness (QED) is 0.711. The van der Waals surface area contributed by atoms with Gasteiger partial charge < -0.3 is 4.74 Å². The van der Waals surface area contributed by atoms with Crippen molar-refractivity contribution in [3.63, 3.8) is 0 Å². The van der Waals surface area contributed by atoms with Crippen molar-refractivity contribution in [1.29, 1.82) is 0 Å². The summed E-state index contributed by atoms with van der Waals surface area (Å²) in [5, 5.41) is 0. The number of pyridine rings is 1. The number of ketones is 1. The summed E-state index contributed by atoms with van der Waals surface area (Å²) in [6, 6.07) is 1.87. The molecule has 0 spiro atoms. The van der Waals surface area contributed by atoms with Gasteiger partial charge in [0.25, 0.3) is 0 Å². The van der Waals surface area contributed by atoms with Crippen LogP contribution in [-0.4, -0.2) is 23.0 Å². The second kappa shape index (κ2) is 5.92.